The van der Waals surface area contributed by atoms with E-state index < -0.39 is 18.0 Å². The Morgan fingerprint density at radius 3 is 2.54 bits per heavy atom. The lowest BCUT2D eigenvalue weighted by molar-refractivity contribution is -0.149. The summed E-state index contributed by atoms with van der Waals surface area (Å²) < 4.78 is 0. The number of hydrogen-bond donors (Lipinski definition) is 3. The van der Waals surface area contributed by atoms with Gasteiger partial charge in [0.1, 0.15) is 6.04 Å². The molecular formula is C19H28N2O5. The van der Waals surface area contributed by atoms with Crippen LogP contribution in [0.3, 0.4) is 0 Å². The first kappa shape index (κ1) is 18.9. The standard InChI is InChI=1S/C19H28N2O5/c22-17(11-20-14-7-3-1-5-12(14)10-18(23)24)21-15-8-4-2-6-13(15)9-16(21)19(25)26/h10,13-16,20H,1-9,11H2,(H,23,24)(H,25,26)/t13?,14-,15?,16?/m1/s1. The van der Waals surface area contributed by atoms with Crippen molar-refractivity contribution in [1.82, 2.24) is 10.2 Å². The van der Waals surface area contributed by atoms with Crippen LogP contribution in [0.4, 0.5) is 0 Å². The number of hydrogen-bond acceptors (Lipinski definition) is 4. The Morgan fingerprint density at radius 2 is 1.81 bits per heavy atom. The van der Waals surface area contributed by atoms with Crippen molar-refractivity contribution in [3.63, 3.8) is 0 Å². The van der Waals surface area contributed by atoms with Gasteiger partial charge in [0.2, 0.25) is 5.91 Å². The van der Waals surface area contributed by atoms with Crippen LogP contribution in [-0.2, 0) is 14.4 Å². The summed E-state index contributed by atoms with van der Waals surface area (Å²) in [5.41, 5.74) is 0.822. The minimum Gasteiger partial charge on any atom is -0.480 e. The Kier molecular flexibility index (Phi) is 5.96. The maximum absolute atomic E-state index is 12.9. The molecule has 0 aromatic rings. The van der Waals surface area contributed by atoms with Gasteiger partial charge < -0.3 is 20.4 Å². The monoisotopic (exact) mass is 364 g/mol. The second-order valence-electron chi connectivity index (χ2n) is 7.74. The Morgan fingerprint density at radius 1 is 1.08 bits per heavy atom. The molecule has 3 rings (SSSR count). The first-order valence-corrected chi connectivity index (χ1v) is 9.68. The highest BCUT2D eigenvalue weighted by Crippen LogP contribution is 2.39. The van der Waals surface area contributed by atoms with Gasteiger partial charge in [0, 0.05) is 18.2 Å². The molecule has 0 spiro atoms. The van der Waals surface area contributed by atoms with Crippen LogP contribution in [-0.4, -0.2) is 57.6 Å². The van der Waals surface area contributed by atoms with Gasteiger partial charge in [-0.05, 0) is 50.0 Å². The molecule has 1 saturated heterocycles. The molecule has 0 aromatic heterocycles. The SMILES string of the molecule is O=C(O)C=C1CCCC[C@H]1NCC(=O)N1C(C(=O)O)CC2CCCCC21. The van der Waals surface area contributed by atoms with Crippen LogP contribution in [0, 0.1) is 5.92 Å². The van der Waals surface area contributed by atoms with Gasteiger partial charge in [-0.3, -0.25) is 4.79 Å². The van der Waals surface area contributed by atoms with E-state index in [4.69, 9.17) is 5.11 Å². The molecule has 3 aliphatic rings. The Balaban J connectivity index is 1.66. The summed E-state index contributed by atoms with van der Waals surface area (Å²) in [5, 5.41) is 21.8. The maximum atomic E-state index is 12.9. The number of fused-ring (bicyclic) bond motifs is 1. The molecule has 2 saturated carbocycles. The zero-order valence-corrected chi connectivity index (χ0v) is 15.0. The second kappa shape index (κ2) is 8.20. The van der Waals surface area contributed by atoms with Gasteiger partial charge in [-0.1, -0.05) is 19.3 Å². The molecule has 26 heavy (non-hydrogen) atoms. The fourth-order valence-corrected chi connectivity index (χ4v) is 4.94. The van der Waals surface area contributed by atoms with E-state index in [9.17, 15) is 19.5 Å². The first-order chi connectivity index (χ1) is 12.5. The first-order valence-electron chi connectivity index (χ1n) is 9.68. The highest BCUT2D eigenvalue weighted by Gasteiger charge is 2.47. The topological polar surface area (TPSA) is 107 Å². The molecule has 2 aliphatic carbocycles. The summed E-state index contributed by atoms with van der Waals surface area (Å²) in [6.07, 6.45) is 9.32. The highest BCUT2D eigenvalue weighted by atomic mass is 16.4. The molecule has 3 N–H and O–H groups in total. The van der Waals surface area contributed by atoms with Crippen LogP contribution in [0.15, 0.2) is 11.6 Å². The largest absolute Gasteiger partial charge is 0.480 e. The molecule has 0 bridgehead atoms. The molecule has 144 valence electrons. The van der Waals surface area contributed by atoms with E-state index in [1.54, 1.807) is 4.90 Å². The van der Waals surface area contributed by atoms with E-state index in [1.807, 2.05) is 0 Å². The third kappa shape index (κ3) is 4.09. The molecule has 0 aromatic carbocycles. The van der Waals surface area contributed by atoms with Crippen molar-refractivity contribution in [3.8, 4) is 0 Å². The fraction of sp³-hybridized carbons (Fsp3) is 0.737. The summed E-state index contributed by atoms with van der Waals surface area (Å²) in [6, 6.07) is -0.797. The van der Waals surface area contributed by atoms with Gasteiger partial charge in [0.05, 0.1) is 6.54 Å². The number of likely N-dealkylation sites (tertiary alicyclic amines) is 1. The van der Waals surface area contributed by atoms with E-state index in [-0.39, 0.29) is 24.5 Å². The van der Waals surface area contributed by atoms with E-state index in [0.29, 0.717) is 12.3 Å². The number of carboxylic acids is 2. The van der Waals surface area contributed by atoms with Crippen molar-refractivity contribution in [1.29, 1.82) is 0 Å². The molecule has 3 unspecified atom stereocenters. The van der Waals surface area contributed by atoms with Crippen molar-refractivity contribution < 1.29 is 24.6 Å². The van der Waals surface area contributed by atoms with Crippen LogP contribution in [0.1, 0.15) is 57.8 Å². The van der Waals surface area contributed by atoms with Crippen LogP contribution in [0.5, 0.6) is 0 Å². The molecule has 7 nitrogen and oxygen atoms in total. The van der Waals surface area contributed by atoms with Gasteiger partial charge in [-0.25, -0.2) is 9.59 Å². The Hall–Kier alpha value is -1.89. The van der Waals surface area contributed by atoms with E-state index in [1.165, 1.54) is 6.08 Å². The second-order valence-corrected chi connectivity index (χ2v) is 7.74. The Labute approximate surface area is 153 Å². The predicted molar refractivity (Wildman–Crippen MR) is 94.6 cm³/mol. The quantitative estimate of drug-likeness (QED) is 0.642. The summed E-state index contributed by atoms with van der Waals surface area (Å²) >= 11 is 0. The van der Waals surface area contributed by atoms with Crippen molar-refractivity contribution in [3.05, 3.63) is 11.6 Å². The lowest BCUT2D eigenvalue weighted by Gasteiger charge is -2.34. The molecule has 4 atom stereocenters. The zero-order valence-electron chi connectivity index (χ0n) is 15.0. The van der Waals surface area contributed by atoms with E-state index in [0.717, 1.165) is 56.9 Å². The van der Waals surface area contributed by atoms with Crippen LogP contribution in [0.2, 0.25) is 0 Å². The summed E-state index contributed by atoms with van der Waals surface area (Å²) in [6.45, 7) is 0.0641. The van der Waals surface area contributed by atoms with E-state index in [2.05, 4.69) is 5.32 Å². The number of aliphatic carboxylic acids is 2. The molecule has 0 radical (unpaired) electrons. The average molecular weight is 364 g/mol. The fourth-order valence-electron chi connectivity index (χ4n) is 4.94. The van der Waals surface area contributed by atoms with Crippen molar-refractivity contribution >= 4 is 17.8 Å². The molecule has 1 aliphatic heterocycles. The number of nitrogens with one attached hydrogen (secondary N) is 1. The van der Waals surface area contributed by atoms with Crippen LogP contribution in [0.25, 0.3) is 0 Å². The predicted octanol–water partition coefficient (Wildman–Crippen LogP) is 1.77. The number of amides is 1. The van der Waals surface area contributed by atoms with Crippen molar-refractivity contribution in [2.24, 2.45) is 5.92 Å². The van der Waals surface area contributed by atoms with Crippen molar-refractivity contribution in [2.45, 2.75) is 75.9 Å². The van der Waals surface area contributed by atoms with Gasteiger partial charge in [-0.2, -0.15) is 0 Å². The number of carbonyl (C=O) groups is 3. The minimum atomic E-state index is -0.962. The van der Waals surface area contributed by atoms with E-state index >= 15 is 0 Å². The number of nitrogens with zero attached hydrogens (tertiary/aromatic N) is 1. The molecule has 1 heterocycles. The summed E-state index contributed by atoms with van der Waals surface area (Å²) in [7, 11) is 0. The number of rotatable bonds is 5. The number of carbonyl (C=O) groups excluding carboxylic acids is 1. The average Bonchev–Trinajstić information content (AvgIpc) is 3.00. The third-order valence-corrected chi connectivity index (χ3v) is 6.13. The molecule has 7 heteroatoms. The highest BCUT2D eigenvalue weighted by molar-refractivity contribution is 5.86. The van der Waals surface area contributed by atoms with Gasteiger partial charge >= 0.3 is 11.9 Å². The van der Waals surface area contributed by atoms with Crippen LogP contribution < -0.4 is 5.32 Å². The maximum Gasteiger partial charge on any atom is 0.328 e. The van der Waals surface area contributed by atoms with Gasteiger partial charge in [-0.15, -0.1) is 0 Å². The van der Waals surface area contributed by atoms with Crippen molar-refractivity contribution in [2.75, 3.05) is 6.54 Å². The third-order valence-electron chi connectivity index (χ3n) is 6.13. The van der Waals surface area contributed by atoms with Crippen LogP contribution >= 0.6 is 0 Å². The lowest BCUT2D eigenvalue weighted by Crippen LogP contribution is -2.50. The summed E-state index contributed by atoms with van der Waals surface area (Å²) in [5.74, 6) is -1.76. The van der Waals surface area contributed by atoms with Gasteiger partial charge in [0.15, 0.2) is 0 Å². The lowest BCUT2D eigenvalue weighted by atomic mass is 9.84. The normalized spacial score (nSPS) is 33.1. The van der Waals surface area contributed by atoms with Gasteiger partial charge in [0.25, 0.3) is 0 Å². The minimum absolute atomic E-state index is 0.0412. The molecular weight excluding hydrogens is 336 g/mol. The Bertz CT molecular complexity index is 603. The smallest absolute Gasteiger partial charge is 0.328 e. The zero-order chi connectivity index (χ0) is 18.7. The number of carboxylic acid groups (broad SMARTS) is 2. The summed E-state index contributed by atoms with van der Waals surface area (Å²) in [4.78, 5) is 37.1. The molecule has 3 fully saturated rings. The molecule has 1 amide bonds.